The number of carboxylic acids is 1. The molecule has 0 saturated carbocycles. The highest BCUT2D eigenvalue weighted by molar-refractivity contribution is 5.72. The fourth-order valence-electron chi connectivity index (χ4n) is 1.38. The molecule has 1 aromatic carbocycles. The Morgan fingerprint density at radius 1 is 1.29 bits per heavy atom. The van der Waals surface area contributed by atoms with E-state index in [1.165, 1.54) is 0 Å². The van der Waals surface area contributed by atoms with Gasteiger partial charge in [-0.15, -0.1) is 0 Å². The van der Waals surface area contributed by atoms with Gasteiger partial charge in [-0.25, -0.2) is 0 Å². The molecule has 1 aliphatic rings. The highest BCUT2D eigenvalue weighted by Gasteiger charge is 2.28. The Bertz CT molecular complexity index is 361. The normalized spacial score (nSPS) is 24.4. The molecule has 0 saturated heterocycles. The minimum Gasteiger partial charge on any atom is -0.546 e. The van der Waals surface area contributed by atoms with Crippen molar-refractivity contribution in [2.45, 2.75) is 19.1 Å². The minimum atomic E-state index is -1.26. The van der Waals surface area contributed by atoms with Crippen LogP contribution in [0.1, 0.15) is 6.92 Å². The molecule has 0 spiro atoms. The van der Waals surface area contributed by atoms with Crippen molar-refractivity contribution in [2.24, 2.45) is 0 Å². The van der Waals surface area contributed by atoms with E-state index in [-0.39, 0.29) is 0 Å². The van der Waals surface area contributed by atoms with Gasteiger partial charge in [-0.2, -0.15) is 0 Å². The van der Waals surface area contributed by atoms with E-state index >= 15 is 0 Å². The summed E-state index contributed by atoms with van der Waals surface area (Å²) in [5.41, 5.74) is 0. The Hall–Kier alpha value is -1.71. The average Bonchev–Trinajstić information content (AvgIpc) is 2.16. The van der Waals surface area contributed by atoms with Crippen molar-refractivity contribution in [3.63, 3.8) is 0 Å². The first-order chi connectivity index (χ1) is 6.68. The van der Waals surface area contributed by atoms with Crippen molar-refractivity contribution in [1.29, 1.82) is 0 Å². The van der Waals surface area contributed by atoms with Gasteiger partial charge in [0.2, 0.25) is 0 Å². The van der Waals surface area contributed by atoms with Crippen molar-refractivity contribution in [1.82, 2.24) is 0 Å². The molecule has 0 aromatic heterocycles. The third-order valence-corrected chi connectivity index (χ3v) is 2.07. The second kappa shape index (κ2) is 3.21. The summed E-state index contributed by atoms with van der Waals surface area (Å²) >= 11 is 0. The number of carbonyl (C=O) groups excluding carboxylic acids is 1. The van der Waals surface area contributed by atoms with E-state index in [2.05, 4.69) is 0 Å². The van der Waals surface area contributed by atoms with E-state index in [1.807, 2.05) is 0 Å². The molecule has 1 heterocycles. The highest BCUT2D eigenvalue weighted by Crippen LogP contribution is 2.33. The summed E-state index contributed by atoms with van der Waals surface area (Å²) in [5.74, 6) is -0.246. The van der Waals surface area contributed by atoms with Gasteiger partial charge in [0.1, 0.15) is 6.10 Å². The van der Waals surface area contributed by atoms with Crippen LogP contribution in [0.25, 0.3) is 0 Å². The van der Waals surface area contributed by atoms with Crippen LogP contribution in [0.3, 0.4) is 0 Å². The molecule has 74 valence electrons. The van der Waals surface area contributed by atoms with E-state index in [9.17, 15) is 9.90 Å². The smallest absolute Gasteiger partial charge is 0.174 e. The maximum Gasteiger partial charge on any atom is 0.174 e. The van der Waals surface area contributed by atoms with Gasteiger partial charge < -0.3 is 19.4 Å². The van der Waals surface area contributed by atoms with Crippen LogP contribution in [0.5, 0.6) is 11.5 Å². The molecular formula is C10H9O4-. The molecule has 0 aliphatic carbocycles. The zero-order chi connectivity index (χ0) is 10.1. The average molecular weight is 193 g/mol. The van der Waals surface area contributed by atoms with Crippen molar-refractivity contribution in [3.05, 3.63) is 24.3 Å². The lowest BCUT2D eigenvalue weighted by Crippen LogP contribution is -2.50. The third kappa shape index (κ3) is 1.39. The molecule has 0 radical (unpaired) electrons. The SMILES string of the molecule is C[C@@H]1Oc2ccccc2O[C@H]1C(=O)[O-]. The van der Waals surface area contributed by atoms with Crippen molar-refractivity contribution in [2.75, 3.05) is 0 Å². The third-order valence-electron chi connectivity index (χ3n) is 2.07. The van der Waals surface area contributed by atoms with Crippen LogP contribution < -0.4 is 14.6 Å². The van der Waals surface area contributed by atoms with Crippen LogP contribution in [0.15, 0.2) is 24.3 Å². The zero-order valence-corrected chi connectivity index (χ0v) is 7.60. The topological polar surface area (TPSA) is 58.6 Å². The first-order valence-corrected chi connectivity index (χ1v) is 4.31. The second-order valence-corrected chi connectivity index (χ2v) is 3.13. The van der Waals surface area contributed by atoms with Crippen molar-refractivity contribution >= 4 is 5.97 Å². The fourth-order valence-corrected chi connectivity index (χ4v) is 1.38. The van der Waals surface area contributed by atoms with Gasteiger partial charge in [0.25, 0.3) is 0 Å². The Kier molecular flexibility index (Phi) is 2.04. The monoisotopic (exact) mass is 193 g/mol. The van der Waals surface area contributed by atoms with Gasteiger partial charge in [-0.1, -0.05) is 12.1 Å². The number of carbonyl (C=O) groups is 1. The Balaban J connectivity index is 2.31. The first kappa shape index (κ1) is 8.87. The molecule has 4 nitrogen and oxygen atoms in total. The van der Waals surface area contributed by atoms with Crippen LogP contribution in [0.2, 0.25) is 0 Å². The Labute approximate surface area is 81.1 Å². The van der Waals surface area contributed by atoms with Crippen LogP contribution in [0.4, 0.5) is 0 Å². The van der Waals surface area contributed by atoms with Crippen molar-refractivity contribution < 1.29 is 19.4 Å². The maximum absolute atomic E-state index is 10.7. The van der Waals surface area contributed by atoms with Gasteiger partial charge in [0, 0.05) is 0 Å². The predicted molar refractivity (Wildman–Crippen MR) is 46.0 cm³/mol. The molecule has 0 fully saturated rings. The Morgan fingerprint density at radius 2 is 1.86 bits per heavy atom. The predicted octanol–water partition coefficient (Wildman–Crippen LogP) is -0.0352. The molecule has 0 bridgehead atoms. The molecule has 0 N–H and O–H groups in total. The van der Waals surface area contributed by atoms with Gasteiger partial charge in [-0.3, -0.25) is 0 Å². The van der Waals surface area contributed by atoms with Crippen LogP contribution in [-0.2, 0) is 4.79 Å². The quantitative estimate of drug-likeness (QED) is 0.628. The number of para-hydroxylation sites is 2. The molecule has 14 heavy (non-hydrogen) atoms. The van der Waals surface area contributed by atoms with Crippen LogP contribution in [0, 0.1) is 0 Å². The van der Waals surface area contributed by atoms with Gasteiger partial charge in [-0.05, 0) is 19.1 Å². The maximum atomic E-state index is 10.7. The molecule has 2 atom stereocenters. The van der Waals surface area contributed by atoms with E-state index < -0.39 is 18.2 Å². The number of benzene rings is 1. The minimum absolute atomic E-state index is 0.444. The van der Waals surface area contributed by atoms with Gasteiger partial charge >= 0.3 is 0 Å². The lowest BCUT2D eigenvalue weighted by atomic mass is 10.2. The summed E-state index contributed by atoms with van der Waals surface area (Å²) in [6, 6.07) is 6.95. The standard InChI is InChI=1S/C10H10O4/c1-6-9(10(11)12)14-8-5-3-2-4-7(8)13-6/h2-6,9H,1H3,(H,11,12)/p-1/t6-,9+/m0/s1. The molecular weight excluding hydrogens is 184 g/mol. The zero-order valence-electron chi connectivity index (χ0n) is 7.60. The van der Waals surface area contributed by atoms with Crippen LogP contribution in [-0.4, -0.2) is 18.2 Å². The van der Waals surface area contributed by atoms with E-state index in [4.69, 9.17) is 9.47 Å². The summed E-state index contributed by atoms with van der Waals surface area (Å²) in [6.07, 6.45) is -1.57. The number of hydrogen-bond acceptors (Lipinski definition) is 4. The number of hydrogen-bond donors (Lipinski definition) is 0. The highest BCUT2D eigenvalue weighted by atomic mass is 16.6. The molecule has 0 unspecified atom stereocenters. The largest absolute Gasteiger partial charge is 0.546 e. The van der Waals surface area contributed by atoms with Crippen LogP contribution >= 0.6 is 0 Å². The summed E-state index contributed by atoms with van der Waals surface area (Å²) in [6.45, 7) is 1.64. The number of fused-ring (bicyclic) bond motifs is 1. The summed E-state index contributed by atoms with van der Waals surface area (Å²) < 4.78 is 10.6. The van der Waals surface area contributed by atoms with E-state index in [0.717, 1.165) is 0 Å². The van der Waals surface area contributed by atoms with Gasteiger partial charge in [0.05, 0.1) is 5.97 Å². The van der Waals surface area contributed by atoms with E-state index in [0.29, 0.717) is 11.5 Å². The van der Waals surface area contributed by atoms with Crippen molar-refractivity contribution in [3.8, 4) is 11.5 Å². The molecule has 1 aromatic rings. The summed E-state index contributed by atoms with van der Waals surface area (Å²) in [5, 5.41) is 10.7. The fraction of sp³-hybridized carbons (Fsp3) is 0.300. The number of carboxylic acid groups (broad SMARTS) is 1. The number of rotatable bonds is 1. The molecule has 4 heteroatoms. The second-order valence-electron chi connectivity index (χ2n) is 3.13. The number of ether oxygens (including phenoxy) is 2. The lowest BCUT2D eigenvalue weighted by molar-refractivity contribution is -0.316. The molecule has 1 aliphatic heterocycles. The number of aliphatic carboxylic acids is 1. The van der Waals surface area contributed by atoms with Gasteiger partial charge in [0.15, 0.2) is 17.6 Å². The lowest BCUT2D eigenvalue weighted by Gasteiger charge is -2.32. The molecule has 0 amide bonds. The first-order valence-electron chi connectivity index (χ1n) is 4.31. The Morgan fingerprint density at radius 3 is 2.43 bits per heavy atom. The summed E-state index contributed by atoms with van der Waals surface area (Å²) in [7, 11) is 0. The van der Waals surface area contributed by atoms with E-state index in [1.54, 1.807) is 31.2 Å². The molecule has 2 rings (SSSR count). The summed E-state index contributed by atoms with van der Waals surface area (Å²) in [4.78, 5) is 10.7.